The number of urea groups is 1. The Morgan fingerprint density at radius 2 is 1.88 bits per heavy atom. The van der Waals surface area contributed by atoms with Crippen molar-refractivity contribution in [2.75, 3.05) is 36.4 Å². The number of fused-ring (bicyclic) bond motifs is 1. The van der Waals surface area contributed by atoms with Crippen molar-refractivity contribution in [2.45, 2.75) is 6.18 Å². The Labute approximate surface area is 183 Å². The number of hydrogen-bond acceptors (Lipinski definition) is 6. The van der Waals surface area contributed by atoms with Crippen molar-refractivity contribution >= 4 is 34.0 Å². The quantitative estimate of drug-likeness (QED) is 0.455. The number of piperazine rings is 1. The molecule has 0 unspecified atom stereocenters. The average molecular weight is 462 g/mol. The summed E-state index contributed by atoms with van der Waals surface area (Å²) in [5.74, 6) is 0. The van der Waals surface area contributed by atoms with Gasteiger partial charge in [-0.05, 0) is 24.3 Å². The molecule has 0 aliphatic carbocycles. The van der Waals surface area contributed by atoms with Gasteiger partial charge in [0.1, 0.15) is 0 Å². The molecule has 1 aliphatic rings. The number of hydrogen-bond donors (Lipinski definition) is 2. The van der Waals surface area contributed by atoms with Gasteiger partial charge in [-0.2, -0.15) is 13.2 Å². The summed E-state index contributed by atoms with van der Waals surface area (Å²) in [5.41, 5.74) is -1.25. The van der Waals surface area contributed by atoms with Gasteiger partial charge < -0.3 is 20.1 Å². The van der Waals surface area contributed by atoms with Gasteiger partial charge in [0.05, 0.1) is 27.9 Å². The Bertz CT molecular complexity index is 1280. The summed E-state index contributed by atoms with van der Waals surface area (Å²) in [7, 11) is 0. The molecule has 0 saturated carbocycles. The van der Waals surface area contributed by atoms with Crippen LogP contribution in [0, 0.1) is 10.1 Å². The molecule has 2 amide bonds. The molecule has 10 nitrogen and oxygen atoms in total. The van der Waals surface area contributed by atoms with Gasteiger partial charge in [-0.15, -0.1) is 0 Å². The fourth-order valence-corrected chi connectivity index (χ4v) is 3.69. The number of carbonyl (C=O) groups excluding carboxylic acids is 1. The first-order valence-corrected chi connectivity index (χ1v) is 9.78. The Balaban J connectivity index is 1.49. The van der Waals surface area contributed by atoms with E-state index in [9.17, 15) is 32.9 Å². The van der Waals surface area contributed by atoms with Crippen LogP contribution in [0.25, 0.3) is 10.9 Å². The van der Waals surface area contributed by atoms with Gasteiger partial charge in [0.25, 0.3) is 11.2 Å². The van der Waals surface area contributed by atoms with Crippen molar-refractivity contribution in [2.24, 2.45) is 0 Å². The third-order valence-electron chi connectivity index (χ3n) is 5.30. The van der Waals surface area contributed by atoms with Gasteiger partial charge in [-0.25, -0.2) is 9.78 Å². The number of H-pyrrole nitrogens is 1. The van der Waals surface area contributed by atoms with E-state index in [4.69, 9.17) is 0 Å². The zero-order valence-electron chi connectivity index (χ0n) is 16.9. The molecule has 172 valence electrons. The molecule has 2 aromatic carbocycles. The first kappa shape index (κ1) is 22.0. The number of alkyl halides is 3. The zero-order chi connectivity index (χ0) is 23.8. The number of nitrogens with one attached hydrogen (secondary N) is 2. The molecule has 0 bridgehead atoms. The molecule has 2 heterocycles. The molecule has 1 fully saturated rings. The van der Waals surface area contributed by atoms with Gasteiger partial charge in [0, 0.05) is 37.9 Å². The number of nitrogens with zero attached hydrogens (tertiary/aromatic N) is 4. The summed E-state index contributed by atoms with van der Waals surface area (Å²) in [5, 5.41) is 13.8. The SMILES string of the molecule is O=C(Nc1cccc(C(F)(F)F)c1)N1CCN(c2ccc([N+](=O)[O-])c3nc[nH]c(=O)c23)CC1. The topological polar surface area (TPSA) is 124 Å². The Kier molecular flexibility index (Phi) is 5.62. The van der Waals surface area contributed by atoms with Gasteiger partial charge in [0.15, 0.2) is 5.52 Å². The van der Waals surface area contributed by atoms with E-state index < -0.39 is 28.3 Å². The number of aromatic amines is 1. The molecule has 0 atom stereocenters. The van der Waals surface area contributed by atoms with Crippen LogP contribution in [-0.4, -0.2) is 52.0 Å². The van der Waals surface area contributed by atoms with Gasteiger partial charge >= 0.3 is 12.2 Å². The molecule has 0 radical (unpaired) electrons. The second-order valence-electron chi connectivity index (χ2n) is 7.30. The number of non-ortho nitro benzene ring substituents is 1. The van der Waals surface area contributed by atoms with E-state index in [0.29, 0.717) is 18.8 Å². The van der Waals surface area contributed by atoms with E-state index in [1.54, 1.807) is 4.90 Å². The van der Waals surface area contributed by atoms with Crippen LogP contribution in [0.15, 0.2) is 47.5 Å². The van der Waals surface area contributed by atoms with E-state index in [1.807, 2.05) is 0 Å². The predicted molar refractivity (Wildman–Crippen MR) is 113 cm³/mol. The lowest BCUT2D eigenvalue weighted by atomic mass is 10.1. The summed E-state index contributed by atoms with van der Waals surface area (Å²) >= 11 is 0. The Morgan fingerprint density at radius 1 is 1.15 bits per heavy atom. The number of aromatic nitrogens is 2. The minimum atomic E-state index is -4.52. The van der Waals surface area contributed by atoms with Gasteiger partial charge in [-0.3, -0.25) is 14.9 Å². The first-order chi connectivity index (χ1) is 15.6. The number of carbonyl (C=O) groups is 1. The van der Waals surface area contributed by atoms with Crippen molar-refractivity contribution in [3.8, 4) is 0 Å². The molecule has 13 heteroatoms. The fraction of sp³-hybridized carbons (Fsp3) is 0.250. The maximum atomic E-state index is 12.9. The number of halogens is 3. The molecule has 0 spiro atoms. The second-order valence-corrected chi connectivity index (χ2v) is 7.30. The predicted octanol–water partition coefficient (Wildman–Crippen LogP) is 3.20. The molecule has 33 heavy (non-hydrogen) atoms. The molecule has 4 rings (SSSR count). The highest BCUT2D eigenvalue weighted by atomic mass is 19.4. The largest absolute Gasteiger partial charge is 0.416 e. The molecule has 3 aromatic rings. The van der Waals surface area contributed by atoms with Crippen LogP contribution in [0.1, 0.15) is 5.56 Å². The monoisotopic (exact) mass is 462 g/mol. The van der Waals surface area contributed by atoms with Crippen LogP contribution >= 0.6 is 0 Å². The highest BCUT2D eigenvalue weighted by Crippen LogP contribution is 2.32. The van der Waals surface area contributed by atoms with Crippen LogP contribution in [0.4, 0.5) is 35.0 Å². The van der Waals surface area contributed by atoms with E-state index >= 15 is 0 Å². The van der Waals surface area contributed by atoms with Crippen molar-refractivity contribution < 1.29 is 22.9 Å². The van der Waals surface area contributed by atoms with Crippen molar-refractivity contribution in [1.29, 1.82) is 0 Å². The molecular weight excluding hydrogens is 445 g/mol. The molecule has 1 aliphatic heterocycles. The van der Waals surface area contributed by atoms with Gasteiger partial charge in [-0.1, -0.05) is 6.07 Å². The molecule has 1 saturated heterocycles. The van der Waals surface area contributed by atoms with Crippen molar-refractivity contribution in [3.63, 3.8) is 0 Å². The summed E-state index contributed by atoms with van der Waals surface area (Å²) in [4.78, 5) is 45.2. The highest BCUT2D eigenvalue weighted by molar-refractivity contribution is 5.97. The van der Waals surface area contributed by atoms with Crippen LogP contribution in [0.5, 0.6) is 0 Å². The normalized spacial score (nSPS) is 14.4. The summed E-state index contributed by atoms with van der Waals surface area (Å²) in [6.45, 7) is 1.05. The molecule has 2 N–H and O–H groups in total. The standard InChI is InChI=1S/C20H17F3N6O4/c21-20(22,23)12-2-1-3-13(10-12)26-19(31)28-8-6-27(7-9-28)14-4-5-15(29(32)33)17-16(14)18(30)25-11-24-17/h1-5,10-11H,6-9H2,(H,26,31)(H,24,25,30). The average Bonchev–Trinajstić information content (AvgIpc) is 2.78. The summed E-state index contributed by atoms with van der Waals surface area (Å²) < 4.78 is 38.6. The first-order valence-electron chi connectivity index (χ1n) is 9.78. The number of benzene rings is 2. The minimum absolute atomic E-state index is 0.0243. The van der Waals surface area contributed by atoms with Crippen LogP contribution in [0.3, 0.4) is 0 Å². The number of rotatable bonds is 3. The maximum Gasteiger partial charge on any atom is 0.416 e. The minimum Gasteiger partial charge on any atom is -0.367 e. The van der Waals surface area contributed by atoms with Crippen molar-refractivity contribution in [3.05, 3.63) is 68.8 Å². The molecular formula is C20H17F3N6O4. The lowest BCUT2D eigenvalue weighted by Crippen LogP contribution is -2.50. The summed E-state index contributed by atoms with van der Waals surface area (Å²) in [6, 6.07) is 6.54. The molecule has 1 aromatic heterocycles. The third-order valence-corrected chi connectivity index (χ3v) is 5.30. The van der Waals surface area contributed by atoms with E-state index in [0.717, 1.165) is 18.5 Å². The number of anilines is 2. The maximum absolute atomic E-state index is 12.9. The Morgan fingerprint density at radius 3 is 2.55 bits per heavy atom. The van der Waals surface area contributed by atoms with Crippen molar-refractivity contribution in [1.82, 2.24) is 14.9 Å². The number of nitro benzene ring substituents is 1. The lowest BCUT2D eigenvalue weighted by Gasteiger charge is -2.36. The van der Waals surface area contributed by atoms with E-state index in [1.165, 1.54) is 29.2 Å². The van der Waals surface area contributed by atoms with Crippen LogP contribution in [0.2, 0.25) is 0 Å². The summed E-state index contributed by atoms with van der Waals surface area (Å²) in [6.07, 6.45) is -3.43. The smallest absolute Gasteiger partial charge is 0.367 e. The lowest BCUT2D eigenvalue weighted by molar-refractivity contribution is -0.383. The Hall–Kier alpha value is -4.16. The van der Waals surface area contributed by atoms with Gasteiger partial charge in [0.2, 0.25) is 0 Å². The van der Waals surface area contributed by atoms with Crippen LogP contribution < -0.4 is 15.8 Å². The third kappa shape index (κ3) is 4.42. The zero-order valence-corrected chi connectivity index (χ0v) is 16.9. The van der Waals surface area contributed by atoms with E-state index in [-0.39, 0.29) is 35.4 Å². The number of amides is 2. The second kappa shape index (κ2) is 8.41. The highest BCUT2D eigenvalue weighted by Gasteiger charge is 2.31. The van der Waals surface area contributed by atoms with Crippen LogP contribution in [-0.2, 0) is 6.18 Å². The fourth-order valence-electron chi connectivity index (χ4n) is 3.69. The number of nitro groups is 1. The van der Waals surface area contributed by atoms with E-state index in [2.05, 4.69) is 15.3 Å².